The van der Waals surface area contributed by atoms with Gasteiger partial charge < -0.3 is 19.7 Å². The number of nitrogens with zero attached hydrogens (tertiary/aromatic N) is 2. The largest absolute Gasteiger partial charge is 0.493 e. The predicted octanol–water partition coefficient (Wildman–Crippen LogP) is 4.06. The molecule has 2 aliphatic heterocycles. The van der Waals surface area contributed by atoms with E-state index in [1.54, 1.807) is 14.2 Å². The van der Waals surface area contributed by atoms with Gasteiger partial charge in [-0.1, -0.05) is 36.4 Å². The molecule has 1 amide bonds. The number of rotatable bonds is 8. The molecule has 0 aromatic heterocycles. The number of hydrogen-bond acceptors (Lipinski definition) is 5. The number of anilines is 1. The zero-order valence-corrected chi connectivity index (χ0v) is 21.5. The number of methoxy groups -OCH3 is 2. The molecule has 1 saturated heterocycles. The number of ether oxygens (including phenoxy) is 2. The minimum Gasteiger partial charge on any atom is -0.493 e. The van der Waals surface area contributed by atoms with Crippen LogP contribution in [0.2, 0.25) is 0 Å². The number of hydrogen-bond donors (Lipinski definition) is 1. The van der Waals surface area contributed by atoms with Gasteiger partial charge in [0.15, 0.2) is 11.5 Å². The van der Waals surface area contributed by atoms with E-state index in [0.29, 0.717) is 24.5 Å². The van der Waals surface area contributed by atoms with E-state index in [9.17, 15) is 9.18 Å². The smallest absolute Gasteiger partial charge is 0.225 e. The van der Waals surface area contributed by atoms with Crippen molar-refractivity contribution in [2.45, 2.75) is 25.4 Å². The van der Waals surface area contributed by atoms with Crippen LogP contribution in [0.25, 0.3) is 0 Å². The fourth-order valence-corrected chi connectivity index (χ4v) is 5.61. The number of benzene rings is 3. The summed E-state index contributed by atoms with van der Waals surface area (Å²) in [4.78, 5) is 18.3. The summed E-state index contributed by atoms with van der Waals surface area (Å²) in [7, 11) is 3.25. The zero-order valence-electron chi connectivity index (χ0n) is 21.5. The molecule has 0 bridgehead atoms. The molecule has 5 rings (SSSR count). The summed E-state index contributed by atoms with van der Waals surface area (Å²) in [6.45, 7) is 3.85. The Morgan fingerprint density at radius 1 is 0.973 bits per heavy atom. The van der Waals surface area contributed by atoms with Crippen molar-refractivity contribution in [3.05, 3.63) is 89.2 Å². The summed E-state index contributed by atoms with van der Waals surface area (Å²) in [6, 6.07) is 21.1. The van der Waals surface area contributed by atoms with Crippen LogP contribution in [-0.4, -0.2) is 57.2 Å². The predicted molar refractivity (Wildman–Crippen MR) is 143 cm³/mol. The Hall–Kier alpha value is -3.58. The number of para-hydroxylation sites is 1. The van der Waals surface area contributed by atoms with Gasteiger partial charge in [0.25, 0.3) is 0 Å². The van der Waals surface area contributed by atoms with Crippen molar-refractivity contribution in [3.8, 4) is 11.5 Å². The maximum atomic E-state index is 13.5. The van der Waals surface area contributed by atoms with E-state index < -0.39 is 0 Å². The molecule has 0 unspecified atom stereocenters. The molecule has 2 aliphatic rings. The highest BCUT2D eigenvalue weighted by molar-refractivity contribution is 5.82. The van der Waals surface area contributed by atoms with Gasteiger partial charge in [-0.3, -0.25) is 9.69 Å². The Balaban J connectivity index is 1.27. The van der Waals surface area contributed by atoms with E-state index in [1.165, 1.54) is 23.4 Å². The number of carbonyl (C=O) groups excluding carboxylic acids is 1. The highest BCUT2D eigenvalue weighted by Crippen LogP contribution is 2.36. The van der Waals surface area contributed by atoms with Crippen LogP contribution in [0.3, 0.4) is 0 Å². The minimum atomic E-state index is -0.220. The molecule has 0 spiro atoms. The molecule has 1 fully saturated rings. The Morgan fingerprint density at radius 3 is 2.51 bits per heavy atom. The van der Waals surface area contributed by atoms with Crippen molar-refractivity contribution >= 4 is 11.6 Å². The van der Waals surface area contributed by atoms with Crippen molar-refractivity contribution in [2.24, 2.45) is 5.92 Å². The molecule has 7 heteroatoms. The summed E-state index contributed by atoms with van der Waals surface area (Å²) in [5, 5.41) is 3.20. The summed E-state index contributed by atoms with van der Waals surface area (Å²) >= 11 is 0. The Morgan fingerprint density at radius 2 is 1.73 bits per heavy atom. The summed E-state index contributed by atoms with van der Waals surface area (Å²) in [6.07, 6.45) is 1.43. The number of amides is 1. The lowest BCUT2D eigenvalue weighted by atomic mass is 9.83. The van der Waals surface area contributed by atoms with E-state index in [1.807, 2.05) is 30.3 Å². The van der Waals surface area contributed by atoms with Crippen molar-refractivity contribution in [3.63, 3.8) is 0 Å². The molecule has 194 valence electrons. The molecule has 0 aliphatic carbocycles. The third kappa shape index (κ3) is 5.57. The van der Waals surface area contributed by atoms with E-state index in [-0.39, 0.29) is 23.7 Å². The summed E-state index contributed by atoms with van der Waals surface area (Å²) in [5.74, 6) is 1.11. The number of piperazine rings is 1. The van der Waals surface area contributed by atoms with Crippen molar-refractivity contribution in [1.82, 2.24) is 10.2 Å². The van der Waals surface area contributed by atoms with Crippen molar-refractivity contribution in [1.29, 1.82) is 0 Å². The first-order valence-electron chi connectivity index (χ1n) is 12.9. The highest BCUT2D eigenvalue weighted by Gasteiger charge is 2.41. The molecule has 37 heavy (non-hydrogen) atoms. The first kappa shape index (κ1) is 25.1. The fourth-order valence-electron chi connectivity index (χ4n) is 5.61. The monoisotopic (exact) mass is 503 g/mol. The van der Waals surface area contributed by atoms with Gasteiger partial charge in [0.2, 0.25) is 5.91 Å². The number of nitrogens with one attached hydrogen (secondary N) is 1. The van der Waals surface area contributed by atoms with Crippen LogP contribution in [0, 0.1) is 11.7 Å². The SMILES string of the molecule is COc1ccc(CCNC(=O)[C@H]2Cc3ccccc3N3CCN(Cc4ccc(F)cc4)C[C@@H]23)cc1OC. The van der Waals surface area contributed by atoms with Crippen molar-refractivity contribution < 1.29 is 18.7 Å². The Kier molecular flexibility index (Phi) is 7.60. The standard InChI is InChI=1S/C30H34FN3O3/c1-36-28-12-9-21(17-29(28)37-2)13-14-32-30(35)25-18-23-5-3-4-6-26(23)34-16-15-33(20-27(25)34)19-22-7-10-24(31)11-8-22/h3-12,17,25,27H,13-16,18-20H2,1-2H3,(H,32,35)/t25-,27-/m0/s1. The maximum Gasteiger partial charge on any atom is 0.225 e. The van der Waals surface area contributed by atoms with Gasteiger partial charge >= 0.3 is 0 Å². The molecule has 3 aromatic carbocycles. The summed E-state index contributed by atoms with van der Waals surface area (Å²) < 4.78 is 24.1. The van der Waals surface area contributed by atoms with Crippen LogP contribution in [0.1, 0.15) is 16.7 Å². The second kappa shape index (κ2) is 11.2. The molecule has 2 atom stereocenters. The lowest BCUT2D eigenvalue weighted by Gasteiger charge is -2.49. The molecule has 2 heterocycles. The van der Waals surface area contributed by atoms with Gasteiger partial charge in [0, 0.05) is 38.4 Å². The summed E-state index contributed by atoms with van der Waals surface area (Å²) in [5.41, 5.74) is 4.63. The molecule has 3 aromatic rings. The third-order valence-corrected chi connectivity index (χ3v) is 7.53. The van der Waals surface area contributed by atoms with E-state index in [0.717, 1.165) is 43.7 Å². The molecular weight excluding hydrogens is 469 g/mol. The van der Waals surface area contributed by atoms with E-state index in [4.69, 9.17) is 9.47 Å². The number of halogens is 1. The molecule has 6 nitrogen and oxygen atoms in total. The number of carbonyl (C=O) groups is 1. The average Bonchev–Trinajstić information content (AvgIpc) is 2.93. The lowest BCUT2D eigenvalue weighted by molar-refractivity contribution is -0.126. The van der Waals surface area contributed by atoms with E-state index in [2.05, 4.69) is 39.4 Å². The lowest BCUT2D eigenvalue weighted by Crippen LogP contribution is -2.61. The van der Waals surface area contributed by atoms with Crippen LogP contribution < -0.4 is 19.7 Å². The molecular formula is C30H34FN3O3. The zero-order chi connectivity index (χ0) is 25.8. The average molecular weight is 504 g/mol. The highest BCUT2D eigenvalue weighted by atomic mass is 19.1. The van der Waals surface area contributed by atoms with Gasteiger partial charge in [-0.15, -0.1) is 0 Å². The van der Waals surface area contributed by atoms with Crippen molar-refractivity contribution in [2.75, 3.05) is 45.3 Å². The van der Waals surface area contributed by atoms with Crippen LogP contribution in [0.5, 0.6) is 11.5 Å². The van der Waals surface area contributed by atoms with Gasteiger partial charge in [-0.25, -0.2) is 4.39 Å². The Labute approximate surface area is 218 Å². The van der Waals surface area contributed by atoms with Crippen LogP contribution >= 0.6 is 0 Å². The number of fused-ring (bicyclic) bond motifs is 3. The Bertz CT molecular complexity index is 1230. The van der Waals surface area contributed by atoms with E-state index >= 15 is 0 Å². The van der Waals surface area contributed by atoms with Crippen LogP contribution in [0.4, 0.5) is 10.1 Å². The van der Waals surface area contributed by atoms with Crippen LogP contribution in [0.15, 0.2) is 66.7 Å². The second-order valence-electron chi connectivity index (χ2n) is 9.79. The maximum absolute atomic E-state index is 13.5. The quantitative estimate of drug-likeness (QED) is 0.503. The van der Waals surface area contributed by atoms with Gasteiger partial charge in [0.1, 0.15) is 5.82 Å². The third-order valence-electron chi connectivity index (χ3n) is 7.53. The molecule has 0 saturated carbocycles. The fraction of sp³-hybridized carbons (Fsp3) is 0.367. The minimum absolute atomic E-state index is 0.0881. The molecule has 0 radical (unpaired) electrons. The van der Waals surface area contributed by atoms with Gasteiger partial charge in [0.05, 0.1) is 26.2 Å². The normalized spacial score (nSPS) is 19.1. The first-order valence-corrected chi connectivity index (χ1v) is 12.9. The second-order valence-corrected chi connectivity index (χ2v) is 9.79. The van der Waals surface area contributed by atoms with Gasteiger partial charge in [-0.05, 0) is 59.9 Å². The molecule has 1 N–H and O–H groups in total. The van der Waals surface area contributed by atoms with Crippen LogP contribution in [-0.2, 0) is 24.2 Å². The first-order chi connectivity index (χ1) is 18.1. The van der Waals surface area contributed by atoms with Gasteiger partial charge in [-0.2, -0.15) is 0 Å². The topological polar surface area (TPSA) is 54.0 Å².